The maximum absolute atomic E-state index is 9.52. The molecule has 1 aliphatic rings. The number of aliphatic hydroxyl groups excluding tert-OH is 1. The summed E-state index contributed by atoms with van der Waals surface area (Å²) in [7, 11) is 0. The summed E-state index contributed by atoms with van der Waals surface area (Å²) < 4.78 is 5.76. The summed E-state index contributed by atoms with van der Waals surface area (Å²) in [6.45, 7) is 3.55. The molecule has 1 aromatic carbocycles. The fraction of sp³-hybridized carbons (Fsp3) is 0.588. The van der Waals surface area contributed by atoms with Crippen LogP contribution in [0.15, 0.2) is 24.3 Å². The van der Waals surface area contributed by atoms with Crippen LogP contribution in [0.1, 0.15) is 38.2 Å². The topological polar surface area (TPSA) is 65.3 Å². The molecule has 1 fully saturated rings. The second kappa shape index (κ2) is 7.44. The number of hydrogen-bond acceptors (Lipinski definition) is 4. The van der Waals surface area contributed by atoms with E-state index in [9.17, 15) is 5.26 Å². The first kappa shape index (κ1) is 15.8. The number of nitriles is 1. The predicted molar refractivity (Wildman–Crippen MR) is 81.8 cm³/mol. The highest BCUT2D eigenvalue weighted by Gasteiger charge is 2.42. The van der Waals surface area contributed by atoms with E-state index in [1.807, 2.05) is 31.2 Å². The summed E-state index contributed by atoms with van der Waals surface area (Å²) >= 11 is 0. The van der Waals surface area contributed by atoms with E-state index in [1.54, 1.807) is 0 Å². The molecule has 0 saturated heterocycles. The van der Waals surface area contributed by atoms with E-state index in [2.05, 4.69) is 11.4 Å². The molecule has 2 atom stereocenters. The lowest BCUT2D eigenvalue weighted by Gasteiger charge is -2.29. The largest absolute Gasteiger partial charge is 0.494 e. The van der Waals surface area contributed by atoms with Gasteiger partial charge in [0.2, 0.25) is 0 Å². The van der Waals surface area contributed by atoms with E-state index in [1.165, 1.54) is 0 Å². The molecule has 1 saturated carbocycles. The van der Waals surface area contributed by atoms with Gasteiger partial charge in [0.25, 0.3) is 0 Å². The van der Waals surface area contributed by atoms with Gasteiger partial charge in [0, 0.05) is 0 Å². The van der Waals surface area contributed by atoms with E-state index in [4.69, 9.17) is 9.84 Å². The Labute approximate surface area is 126 Å². The van der Waals surface area contributed by atoms with Crippen molar-refractivity contribution in [2.45, 2.75) is 44.8 Å². The first-order valence-corrected chi connectivity index (χ1v) is 7.73. The molecular formula is C17H24N2O2. The second-order valence-electron chi connectivity index (χ2n) is 5.64. The standard InChI is InChI=1S/C17H24N2O2/c1-2-19-17(13-18)10-3-4-15(17)9-11-21-16-7-5-14(12-20)6-8-16/h5-8,15,19-20H,2-4,9-12H2,1H3. The van der Waals surface area contributed by atoms with E-state index < -0.39 is 0 Å². The van der Waals surface area contributed by atoms with Crippen LogP contribution in [0, 0.1) is 17.2 Å². The number of rotatable bonds is 7. The molecule has 0 aromatic heterocycles. The van der Waals surface area contributed by atoms with Gasteiger partial charge in [0.1, 0.15) is 11.3 Å². The predicted octanol–water partition coefficient (Wildman–Crippen LogP) is 2.62. The molecule has 21 heavy (non-hydrogen) atoms. The van der Waals surface area contributed by atoms with Crippen LogP contribution in [-0.4, -0.2) is 23.8 Å². The van der Waals surface area contributed by atoms with Gasteiger partial charge in [-0.05, 0) is 49.4 Å². The minimum absolute atomic E-state index is 0.0513. The molecule has 0 spiro atoms. The summed E-state index contributed by atoms with van der Waals surface area (Å²) in [6, 6.07) is 9.98. The molecule has 0 heterocycles. The molecule has 4 nitrogen and oxygen atoms in total. The van der Waals surface area contributed by atoms with Gasteiger partial charge in [0.15, 0.2) is 0 Å². The van der Waals surface area contributed by atoms with E-state index in [0.717, 1.165) is 43.5 Å². The zero-order valence-electron chi connectivity index (χ0n) is 12.6. The van der Waals surface area contributed by atoms with Crippen molar-refractivity contribution in [1.29, 1.82) is 5.26 Å². The van der Waals surface area contributed by atoms with Gasteiger partial charge < -0.3 is 9.84 Å². The van der Waals surface area contributed by atoms with Crippen LogP contribution in [0.2, 0.25) is 0 Å². The average molecular weight is 288 g/mol. The molecule has 0 aliphatic heterocycles. The molecule has 2 unspecified atom stereocenters. The Bertz CT molecular complexity index is 481. The molecule has 2 rings (SSSR count). The van der Waals surface area contributed by atoms with Crippen molar-refractivity contribution in [3.8, 4) is 11.8 Å². The van der Waals surface area contributed by atoms with Crippen LogP contribution in [0.25, 0.3) is 0 Å². The Balaban J connectivity index is 1.86. The number of ether oxygens (including phenoxy) is 1. The van der Waals surface area contributed by atoms with Crippen LogP contribution in [0.5, 0.6) is 5.75 Å². The summed E-state index contributed by atoms with van der Waals surface area (Å²) in [6.07, 6.45) is 4.03. The normalized spacial score (nSPS) is 24.7. The zero-order valence-corrected chi connectivity index (χ0v) is 12.6. The number of nitrogens with zero attached hydrogens (tertiary/aromatic N) is 1. The zero-order chi connectivity index (χ0) is 15.1. The van der Waals surface area contributed by atoms with Gasteiger partial charge in [-0.15, -0.1) is 0 Å². The Morgan fingerprint density at radius 2 is 2.19 bits per heavy atom. The fourth-order valence-electron chi connectivity index (χ4n) is 3.21. The molecule has 1 aromatic rings. The van der Waals surface area contributed by atoms with Crippen molar-refractivity contribution in [2.75, 3.05) is 13.2 Å². The molecule has 1 aliphatic carbocycles. The number of nitrogens with one attached hydrogen (secondary N) is 1. The van der Waals surface area contributed by atoms with E-state index in [-0.39, 0.29) is 12.1 Å². The fourth-order valence-corrected chi connectivity index (χ4v) is 3.21. The third-order valence-corrected chi connectivity index (χ3v) is 4.35. The minimum atomic E-state index is -0.362. The molecule has 4 heteroatoms. The Hall–Kier alpha value is -1.57. The highest BCUT2D eigenvalue weighted by atomic mass is 16.5. The maximum atomic E-state index is 9.52. The van der Waals surface area contributed by atoms with Crippen molar-refractivity contribution >= 4 is 0 Å². The quantitative estimate of drug-likeness (QED) is 0.809. The Morgan fingerprint density at radius 3 is 2.81 bits per heavy atom. The van der Waals surface area contributed by atoms with Crippen LogP contribution >= 0.6 is 0 Å². The lowest BCUT2D eigenvalue weighted by Crippen LogP contribution is -2.47. The summed E-state index contributed by atoms with van der Waals surface area (Å²) in [5, 5.41) is 21.9. The molecule has 114 valence electrons. The minimum Gasteiger partial charge on any atom is -0.494 e. The second-order valence-corrected chi connectivity index (χ2v) is 5.64. The molecule has 0 amide bonds. The van der Waals surface area contributed by atoms with Gasteiger partial charge in [-0.25, -0.2) is 0 Å². The van der Waals surface area contributed by atoms with Crippen molar-refractivity contribution in [3.05, 3.63) is 29.8 Å². The van der Waals surface area contributed by atoms with Crippen molar-refractivity contribution < 1.29 is 9.84 Å². The average Bonchev–Trinajstić information content (AvgIpc) is 2.92. The smallest absolute Gasteiger partial charge is 0.119 e. The number of hydrogen-bond donors (Lipinski definition) is 2. The third kappa shape index (κ3) is 3.75. The highest BCUT2D eigenvalue weighted by Crippen LogP contribution is 2.37. The van der Waals surface area contributed by atoms with Crippen molar-refractivity contribution in [3.63, 3.8) is 0 Å². The number of aliphatic hydroxyl groups is 1. The third-order valence-electron chi connectivity index (χ3n) is 4.35. The lowest BCUT2D eigenvalue weighted by atomic mass is 9.86. The maximum Gasteiger partial charge on any atom is 0.119 e. The molecule has 0 bridgehead atoms. The van der Waals surface area contributed by atoms with Crippen LogP contribution in [-0.2, 0) is 6.61 Å². The number of benzene rings is 1. The lowest BCUT2D eigenvalue weighted by molar-refractivity contribution is 0.234. The summed E-state index contributed by atoms with van der Waals surface area (Å²) in [4.78, 5) is 0. The van der Waals surface area contributed by atoms with Gasteiger partial charge >= 0.3 is 0 Å². The van der Waals surface area contributed by atoms with Gasteiger partial charge in [-0.3, -0.25) is 5.32 Å². The van der Waals surface area contributed by atoms with E-state index >= 15 is 0 Å². The summed E-state index contributed by atoms with van der Waals surface area (Å²) in [5.74, 6) is 1.18. The van der Waals surface area contributed by atoms with Crippen LogP contribution in [0.3, 0.4) is 0 Å². The molecule has 0 radical (unpaired) electrons. The van der Waals surface area contributed by atoms with Crippen molar-refractivity contribution in [2.24, 2.45) is 5.92 Å². The SMILES string of the molecule is CCNC1(C#N)CCCC1CCOc1ccc(CO)cc1. The molecule has 2 N–H and O–H groups in total. The van der Waals surface area contributed by atoms with Crippen LogP contribution < -0.4 is 10.1 Å². The Morgan fingerprint density at radius 1 is 1.43 bits per heavy atom. The monoisotopic (exact) mass is 288 g/mol. The van der Waals surface area contributed by atoms with Gasteiger partial charge in [0.05, 0.1) is 19.3 Å². The first-order valence-electron chi connectivity index (χ1n) is 7.73. The Kier molecular flexibility index (Phi) is 5.60. The van der Waals surface area contributed by atoms with Crippen molar-refractivity contribution in [1.82, 2.24) is 5.32 Å². The van der Waals surface area contributed by atoms with E-state index in [0.29, 0.717) is 12.5 Å². The highest BCUT2D eigenvalue weighted by molar-refractivity contribution is 5.26. The van der Waals surface area contributed by atoms with Gasteiger partial charge in [-0.1, -0.05) is 25.5 Å². The van der Waals surface area contributed by atoms with Crippen LogP contribution in [0.4, 0.5) is 0 Å². The van der Waals surface area contributed by atoms with Gasteiger partial charge in [-0.2, -0.15) is 5.26 Å². The summed E-state index contributed by atoms with van der Waals surface area (Å²) in [5.41, 5.74) is 0.521. The molecular weight excluding hydrogens is 264 g/mol. The first-order chi connectivity index (χ1) is 10.2.